The molecule has 0 aliphatic carbocycles. The molecule has 0 bridgehead atoms. The first-order valence-corrected chi connectivity index (χ1v) is 7.69. The third kappa shape index (κ3) is 5.40. The molecule has 0 saturated carbocycles. The summed E-state index contributed by atoms with van der Waals surface area (Å²) in [7, 11) is 0. The van der Waals surface area contributed by atoms with Crippen LogP contribution in [0.5, 0.6) is 5.75 Å². The van der Waals surface area contributed by atoms with Gasteiger partial charge in [-0.15, -0.1) is 0 Å². The Morgan fingerprint density at radius 2 is 1.86 bits per heavy atom. The molecule has 0 aliphatic rings. The minimum absolute atomic E-state index is 0.215. The van der Waals surface area contributed by atoms with Crippen molar-refractivity contribution in [2.24, 2.45) is 11.1 Å². The molecule has 1 aromatic carbocycles. The van der Waals surface area contributed by atoms with Crippen LogP contribution in [0.25, 0.3) is 0 Å². The average Bonchev–Trinajstić information content (AvgIpc) is 2.41. The van der Waals surface area contributed by atoms with Gasteiger partial charge in [-0.05, 0) is 63.6 Å². The van der Waals surface area contributed by atoms with Crippen molar-refractivity contribution < 1.29 is 4.74 Å². The van der Waals surface area contributed by atoms with Gasteiger partial charge in [0.1, 0.15) is 5.75 Å². The van der Waals surface area contributed by atoms with Crippen LogP contribution in [0.1, 0.15) is 50.3 Å². The Balaban J connectivity index is 2.74. The Kier molecular flexibility index (Phi) is 6.23. The normalized spacial score (nSPS) is 12.8. The number of nitriles is 1. The fourth-order valence-corrected chi connectivity index (χ4v) is 2.30. The second-order valence-electron chi connectivity index (χ2n) is 6.53. The largest absolute Gasteiger partial charge is 0.493 e. The van der Waals surface area contributed by atoms with Crippen molar-refractivity contribution in [2.45, 2.75) is 59.9 Å². The molecule has 0 heterocycles. The van der Waals surface area contributed by atoms with Crippen LogP contribution in [-0.2, 0) is 6.42 Å². The standard InChI is InChI=1S/C18H28N2O/c1-6-16(20)11-15-9-13(2)17(14(3)10-15)21-8-7-18(4,5)12-19/h9-10,16H,6-8,11,20H2,1-5H3. The molecular formula is C18H28N2O. The first kappa shape index (κ1) is 17.5. The van der Waals surface area contributed by atoms with E-state index in [1.807, 2.05) is 13.8 Å². The van der Waals surface area contributed by atoms with E-state index < -0.39 is 0 Å². The maximum Gasteiger partial charge on any atom is 0.125 e. The summed E-state index contributed by atoms with van der Waals surface area (Å²) in [6.45, 7) is 10.7. The van der Waals surface area contributed by atoms with Crippen molar-refractivity contribution in [1.29, 1.82) is 5.26 Å². The first-order valence-electron chi connectivity index (χ1n) is 7.69. The van der Waals surface area contributed by atoms with Crippen LogP contribution < -0.4 is 10.5 Å². The molecule has 0 radical (unpaired) electrons. The number of hydrogen-bond donors (Lipinski definition) is 1. The molecule has 0 spiro atoms. The summed E-state index contributed by atoms with van der Waals surface area (Å²) in [5.41, 5.74) is 9.24. The van der Waals surface area contributed by atoms with Gasteiger partial charge in [-0.3, -0.25) is 0 Å². The van der Waals surface area contributed by atoms with Crippen molar-refractivity contribution >= 4 is 0 Å². The van der Waals surface area contributed by atoms with Gasteiger partial charge in [-0.25, -0.2) is 0 Å². The molecule has 1 aromatic rings. The summed E-state index contributed by atoms with van der Waals surface area (Å²) < 4.78 is 5.91. The zero-order valence-corrected chi connectivity index (χ0v) is 14.0. The first-order chi connectivity index (χ1) is 9.79. The van der Waals surface area contributed by atoms with Crippen LogP contribution in [0.2, 0.25) is 0 Å². The molecule has 0 fully saturated rings. The van der Waals surface area contributed by atoms with E-state index in [0.29, 0.717) is 6.61 Å². The molecule has 0 amide bonds. The Hall–Kier alpha value is -1.53. The molecule has 116 valence electrons. The fourth-order valence-electron chi connectivity index (χ4n) is 2.30. The lowest BCUT2D eigenvalue weighted by molar-refractivity contribution is 0.261. The highest BCUT2D eigenvalue weighted by molar-refractivity contribution is 5.43. The van der Waals surface area contributed by atoms with Gasteiger partial charge in [0.15, 0.2) is 0 Å². The number of hydrogen-bond acceptors (Lipinski definition) is 3. The highest BCUT2D eigenvalue weighted by Crippen LogP contribution is 2.27. The number of nitrogens with zero attached hydrogens (tertiary/aromatic N) is 1. The predicted octanol–water partition coefficient (Wildman–Crippen LogP) is 3.90. The van der Waals surface area contributed by atoms with Crippen LogP contribution in [-0.4, -0.2) is 12.6 Å². The van der Waals surface area contributed by atoms with E-state index in [1.165, 1.54) is 5.56 Å². The van der Waals surface area contributed by atoms with Crippen LogP contribution in [0.4, 0.5) is 0 Å². The topological polar surface area (TPSA) is 59.0 Å². The third-order valence-corrected chi connectivity index (χ3v) is 3.82. The lowest BCUT2D eigenvalue weighted by Gasteiger charge is -2.18. The van der Waals surface area contributed by atoms with Gasteiger partial charge in [0.05, 0.1) is 18.1 Å². The molecule has 0 aliphatic heterocycles. The smallest absolute Gasteiger partial charge is 0.125 e. The number of ether oxygens (including phenoxy) is 1. The van der Waals surface area contributed by atoms with Crippen molar-refractivity contribution in [3.63, 3.8) is 0 Å². The van der Waals surface area contributed by atoms with E-state index in [2.05, 4.69) is 39.0 Å². The van der Waals surface area contributed by atoms with Gasteiger partial charge in [-0.2, -0.15) is 5.26 Å². The zero-order chi connectivity index (χ0) is 16.0. The van der Waals surface area contributed by atoms with Gasteiger partial charge < -0.3 is 10.5 Å². The number of benzene rings is 1. The minimum Gasteiger partial charge on any atom is -0.493 e. The van der Waals surface area contributed by atoms with E-state index in [0.717, 1.165) is 36.1 Å². The molecule has 3 heteroatoms. The Labute approximate surface area is 129 Å². The van der Waals surface area contributed by atoms with E-state index in [4.69, 9.17) is 15.7 Å². The van der Waals surface area contributed by atoms with Gasteiger partial charge in [0, 0.05) is 6.04 Å². The lowest BCUT2D eigenvalue weighted by Crippen LogP contribution is -2.21. The summed E-state index contributed by atoms with van der Waals surface area (Å²) in [6, 6.07) is 6.83. The number of nitrogens with two attached hydrogens (primary N) is 1. The van der Waals surface area contributed by atoms with Gasteiger partial charge >= 0.3 is 0 Å². The van der Waals surface area contributed by atoms with Gasteiger partial charge in [0.25, 0.3) is 0 Å². The third-order valence-electron chi connectivity index (χ3n) is 3.82. The van der Waals surface area contributed by atoms with Crippen LogP contribution in [0.3, 0.4) is 0 Å². The minimum atomic E-state index is -0.338. The van der Waals surface area contributed by atoms with Crippen LogP contribution >= 0.6 is 0 Å². The maximum atomic E-state index is 9.03. The molecule has 0 saturated heterocycles. The summed E-state index contributed by atoms with van der Waals surface area (Å²) >= 11 is 0. The predicted molar refractivity (Wildman–Crippen MR) is 87.4 cm³/mol. The van der Waals surface area contributed by atoms with Crippen LogP contribution in [0.15, 0.2) is 12.1 Å². The van der Waals surface area contributed by atoms with E-state index in [-0.39, 0.29) is 11.5 Å². The van der Waals surface area contributed by atoms with Crippen molar-refractivity contribution in [1.82, 2.24) is 0 Å². The Morgan fingerprint density at radius 1 is 1.29 bits per heavy atom. The molecule has 3 nitrogen and oxygen atoms in total. The summed E-state index contributed by atoms with van der Waals surface area (Å²) in [6.07, 6.45) is 2.62. The van der Waals surface area contributed by atoms with E-state index >= 15 is 0 Å². The van der Waals surface area contributed by atoms with Gasteiger partial charge in [-0.1, -0.05) is 19.1 Å². The average molecular weight is 288 g/mol. The zero-order valence-electron chi connectivity index (χ0n) is 14.0. The maximum absolute atomic E-state index is 9.03. The Morgan fingerprint density at radius 3 is 2.33 bits per heavy atom. The fraction of sp³-hybridized carbons (Fsp3) is 0.611. The quantitative estimate of drug-likeness (QED) is 0.827. The lowest BCUT2D eigenvalue weighted by atomic mass is 9.92. The summed E-state index contributed by atoms with van der Waals surface area (Å²) in [5, 5.41) is 9.03. The SMILES string of the molecule is CCC(N)Cc1cc(C)c(OCCC(C)(C)C#N)c(C)c1. The van der Waals surface area contributed by atoms with E-state index in [1.54, 1.807) is 0 Å². The highest BCUT2D eigenvalue weighted by atomic mass is 16.5. The second kappa shape index (κ2) is 7.47. The molecule has 0 aromatic heterocycles. The highest BCUT2D eigenvalue weighted by Gasteiger charge is 2.17. The second-order valence-corrected chi connectivity index (χ2v) is 6.53. The van der Waals surface area contributed by atoms with Gasteiger partial charge in [0.2, 0.25) is 0 Å². The monoisotopic (exact) mass is 288 g/mol. The van der Waals surface area contributed by atoms with Crippen molar-refractivity contribution in [3.8, 4) is 11.8 Å². The molecule has 1 atom stereocenters. The molecule has 1 unspecified atom stereocenters. The van der Waals surface area contributed by atoms with Crippen molar-refractivity contribution in [2.75, 3.05) is 6.61 Å². The summed E-state index contributed by atoms with van der Waals surface area (Å²) in [5.74, 6) is 0.942. The molecule has 1 rings (SSSR count). The summed E-state index contributed by atoms with van der Waals surface area (Å²) in [4.78, 5) is 0. The van der Waals surface area contributed by atoms with E-state index in [9.17, 15) is 0 Å². The molecule has 2 N–H and O–H groups in total. The molecule has 21 heavy (non-hydrogen) atoms. The number of aryl methyl sites for hydroxylation is 2. The van der Waals surface area contributed by atoms with Crippen molar-refractivity contribution in [3.05, 3.63) is 28.8 Å². The Bertz CT molecular complexity index is 491. The number of rotatable bonds is 7. The molecular weight excluding hydrogens is 260 g/mol. The van der Waals surface area contributed by atoms with Crippen LogP contribution in [0, 0.1) is 30.6 Å².